The zero-order valence-corrected chi connectivity index (χ0v) is 14.1. The molecule has 0 heterocycles. The number of thioether (sulfide) groups is 1. The first kappa shape index (κ1) is 18.4. The number of nitro benzene ring substituents is 1. The molecule has 0 spiro atoms. The summed E-state index contributed by atoms with van der Waals surface area (Å²) in [4.78, 5) is 23.4. The highest BCUT2D eigenvalue weighted by molar-refractivity contribution is 8.00. The molecule has 0 amide bonds. The van der Waals surface area contributed by atoms with Crippen LogP contribution in [0.2, 0.25) is 0 Å². The van der Waals surface area contributed by atoms with E-state index in [0.717, 1.165) is 12.1 Å². The summed E-state index contributed by atoms with van der Waals surface area (Å²) in [6.45, 7) is -0.120. The summed E-state index contributed by atoms with van der Waals surface area (Å²) in [5, 5.41) is 19.6. The molecule has 0 saturated carbocycles. The molecular formula is C16H14FNO4S2. The minimum Gasteiger partial charge on any atom is -0.395 e. The molecule has 1 N–H and O–H groups in total. The van der Waals surface area contributed by atoms with E-state index in [1.165, 1.54) is 42.1 Å². The lowest BCUT2D eigenvalue weighted by atomic mass is 10.0. The van der Waals surface area contributed by atoms with Gasteiger partial charge in [0.2, 0.25) is 0 Å². The number of carbonyl (C=O) groups is 1. The summed E-state index contributed by atoms with van der Waals surface area (Å²) < 4.78 is 13.6. The molecule has 2 aromatic carbocycles. The second-order valence-electron chi connectivity index (χ2n) is 4.92. The Hall–Kier alpha value is -1.90. The van der Waals surface area contributed by atoms with Crippen LogP contribution in [0.5, 0.6) is 0 Å². The predicted molar refractivity (Wildman–Crippen MR) is 93.5 cm³/mol. The van der Waals surface area contributed by atoms with Crippen LogP contribution in [-0.4, -0.2) is 33.4 Å². The number of nitro groups is 1. The maximum Gasteiger partial charge on any atom is 0.270 e. The van der Waals surface area contributed by atoms with E-state index in [0.29, 0.717) is 10.6 Å². The van der Waals surface area contributed by atoms with Crippen LogP contribution in [0, 0.1) is 15.9 Å². The van der Waals surface area contributed by atoms with Gasteiger partial charge in [-0.15, -0.1) is 11.8 Å². The zero-order valence-electron chi connectivity index (χ0n) is 12.4. The molecule has 0 bridgehead atoms. The average Bonchev–Trinajstić information content (AvgIpc) is 2.59. The standard InChI is InChI=1S/C16H14FNO4S2/c17-11-4-5-15(24-9-13(23)8-19)14(7-11)16(20)10-2-1-3-12(6-10)18(21)22/h1-7,13,19,23H,8-9H2/t13-/m0/s1. The third kappa shape index (κ3) is 4.56. The van der Waals surface area contributed by atoms with E-state index in [9.17, 15) is 19.3 Å². The Labute approximate surface area is 147 Å². The van der Waals surface area contributed by atoms with Gasteiger partial charge < -0.3 is 5.11 Å². The lowest BCUT2D eigenvalue weighted by Crippen LogP contribution is -2.09. The van der Waals surface area contributed by atoms with Crippen molar-refractivity contribution < 1.29 is 19.2 Å². The van der Waals surface area contributed by atoms with Crippen molar-refractivity contribution in [3.05, 3.63) is 69.5 Å². The van der Waals surface area contributed by atoms with Crippen molar-refractivity contribution in [1.82, 2.24) is 0 Å². The summed E-state index contributed by atoms with van der Waals surface area (Å²) in [7, 11) is 0. The second-order valence-corrected chi connectivity index (χ2v) is 6.72. The van der Waals surface area contributed by atoms with Gasteiger partial charge in [-0.25, -0.2) is 4.39 Å². The Bertz CT molecular complexity index is 769. The molecule has 0 aliphatic carbocycles. The minimum absolute atomic E-state index is 0.112. The molecule has 5 nitrogen and oxygen atoms in total. The Morgan fingerprint density at radius 1 is 1.33 bits per heavy atom. The molecule has 0 aromatic heterocycles. The van der Waals surface area contributed by atoms with Gasteiger partial charge in [0.15, 0.2) is 5.78 Å². The summed E-state index contributed by atoms with van der Waals surface area (Å²) in [5.41, 5.74) is 0.0300. The minimum atomic E-state index is -0.592. The molecule has 126 valence electrons. The second kappa shape index (κ2) is 8.27. The Kier molecular flexibility index (Phi) is 6.36. The maximum absolute atomic E-state index is 13.6. The third-order valence-electron chi connectivity index (χ3n) is 3.15. The number of hydrogen-bond donors (Lipinski definition) is 2. The van der Waals surface area contributed by atoms with Crippen LogP contribution in [0.4, 0.5) is 10.1 Å². The number of thiol groups is 1. The van der Waals surface area contributed by atoms with E-state index < -0.39 is 16.5 Å². The molecule has 2 aromatic rings. The molecule has 0 aliphatic rings. The van der Waals surface area contributed by atoms with Crippen molar-refractivity contribution in [3.8, 4) is 0 Å². The van der Waals surface area contributed by atoms with Crippen LogP contribution >= 0.6 is 24.4 Å². The summed E-state index contributed by atoms with van der Waals surface area (Å²) >= 11 is 5.43. The summed E-state index contributed by atoms with van der Waals surface area (Å²) in [6.07, 6.45) is 0. The average molecular weight is 367 g/mol. The normalized spacial score (nSPS) is 12.0. The predicted octanol–water partition coefficient (Wildman–Crippen LogP) is 3.35. The first-order chi connectivity index (χ1) is 11.4. The van der Waals surface area contributed by atoms with Crippen LogP contribution in [0.15, 0.2) is 47.4 Å². The van der Waals surface area contributed by atoms with E-state index in [1.54, 1.807) is 0 Å². The molecule has 0 unspecified atom stereocenters. The number of rotatable bonds is 7. The number of hydrogen-bond acceptors (Lipinski definition) is 6. The monoisotopic (exact) mass is 367 g/mol. The molecule has 1 atom stereocenters. The topological polar surface area (TPSA) is 80.4 Å². The van der Waals surface area contributed by atoms with Crippen molar-refractivity contribution >= 4 is 35.9 Å². The fourth-order valence-electron chi connectivity index (χ4n) is 1.96. The number of non-ortho nitro benzene ring substituents is 1. The van der Waals surface area contributed by atoms with Crippen molar-refractivity contribution in [1.29, 1.82) is 0 Å². The van der Waals surface area contributed by atoms with Crippen LogP contribution in [-0.2, 0) is 0 Å². The SMILES string of the molecule is O=C(c1cccc([N+](=O)[O-])c1)c1cc(F)ccc1SC[C@@H](S)CO. The van der Waals surface area contributed by atoms with Crippen molar-refractivity contribution in [2.24, 2.45) is 0 Å². The van der Waals surface area contributed by atoms with E-state index in [2.05, 4.69) is 12.6 Å². The molecule has 24 heavy (non-hydrogen) atoms. The fraction of sp³-hybridized carbons (Fsp3) is 0.188. The number of nitrogens with zero attached hydrogens (tertiary/aromatic N) is 1. The van der Waals surface area contributed by atoms with Crippen molar-refractivity contribution in [3.63, 3.8) is 0 Å². The number of carbonyl (C=O) groups excluding carboxylic acids is 1. The Morgan fingerprint density at radius 3 is 2.75 bits per heavy atom. The Morgan fingerprint density at radius 2 is 2.08 bits per heavy atom. The molecule has 0 saturated heterocycles. The van der Waals surface area contributed by atoms with E-state index in [1.807, 2.05) is 0 Å². The smallest absolute Gasteiger partial charge is 0.270 e. The number of aliphatic hydroxyl groups excluding tert-OH is 1. The number of benzene rings is 2. The van der Waals surface area contributed by atoms with E-state index in [4.69, 9.17) is 5.11 Å². The lowest BCUT2D eigenvalue weighted by Gasteiger charge is -2.11. The quantitative estimate of drug-likeness (QED) is 0.258. The molecular weight excluding hydrogens is 353 g/mol. The van der Waals surface area contributed by atoms with Crippen LogP contribution < -0.4 is 0 Å². The van der Waals surface area contributed by atoms with Gasteiger partial charge in [-0.2, -0.15) is 12.6 Å². The molecule has 8 heteroatoms. The first-order valence-corrected chi connectivity index (χ1v) is 8.43. The maximum atomic E-state index is 13.6. The van der Waals surface area contributed by atoms with Crippen molar-refractivity contribution in [2.45, 2.75) is 10.1 Å². The van der Waals surface area contributed by atoms with Gasteiger partial charge in [-0.3, -0.25) is 14.9 Å². The van der Waals surface area contributed by atoms with Gasteiger partial charge in [-0.1, -0.05) is 12.1 Å². The van der Waals surface area contributed by atoms with Gasteiger partial charge in [0.25, 0.3) is 5.69 Å². The van der Waals surface area contributed by atoms with Gasteiger partial charge in [0, 0.05) is 39.2 Å². The highest BCUT2D eigenvalue weighted by Gasteiger charge is 2.18. The molecule has 0 aliphatic heterocycles. The van der Waals surface area contributed by atoms with E-state index in [-0.39, 0.29) is 28.7 Å². The highest BCUT2D eigenvalue weighted by Crippen LogP contribution is 2.28. The van der Waals surface area contributed by atoms with Crippen LogP contribution in [0.3, 0.4) is 0 Å². The lowest BCUT2D eigenvalue weighted by molar-refractivity contribution is -0.384. The van der Waals surface area contributed by atoms with Crippen LogP contribution in [0.1, 0.15) is 15.9 Å². The Balaban J connectivity index is 2.36. The van der Waals surface area contributed by atoms with Gasteiger partial charge in [-0.05, 0) is 18.2 Å². The number of ketones is 1. The first-order valence-electron chi connectivity index (χ1n) is 6.92. The fourth-order valence-corrected chi connectivity index (χ4v) is 3.13. The van der Waals surface area contributed by atoms with Gasteiger partial charge in [0.1, 0.15) is 5.82 Å². The summed E-state index contributed by atoms with van der Waals surface area (Å²) in [5.74, 6) is -0.640. The highest BCUT2D eigenvalue weighted by atomic mass is 32.2. The van der Waals surface area contributed by atoms with E-state index >= 15 is 0 Å². The molecule has 2 rings (SSSR count). The largest absolute Gasteiger partial charge is 0.395 e. The van der Waals surface area contributed by atoms with Gasteiger partial charge in [0.05, 0.1) is 11.5 Å². The molecule has 0 fully saturated rings. The molecule has 0 radical (unpaired) electrons. The van der Waals surface area contributed by atoms with Crippen LogP contribution in [0.25, 0.3) is 0 Å². The number of aliphatic hydroxyl groups is 1. The number of halogens is 1. The zero-order chi connectivity index (χ0) is 17.7. The van der Waals surface area contributed by atoms with Crippen molar-refractivity contribution in [2.75, 3.05) is 12.4 Å². The van der Waals surface area contributed by atoms with Gasteiger partial charge >= 0.3 is 0 Å². The summed E-state index contributed by atoms with van der Waals surface area (Å²) in [6, 6.07) is 9.12. The third-order valence-corrected chi connectivity index (χ3v) is 4.98.